The molecule has 0 atom stereocenters. The lowest BCUT2D eigenvalue weighted by atomic mass is 10.1. The summed E-state index contributed by atoms with van der Waals surface area (Å²) >= 11 is 0. The number of rotatable bonds is 4. The Kier molecular flexibility index (Phi) is 3.92. The minimum atomic E-state index is -0.273. The molecule has 0 saturated heterocycles. The second kappa shape index (κ2) is 6.52. The molecule has 0 aliphatic carbocycles. The molecule has 0 amide bonds. The summed E-state index contributed by atoms with van der Waals surface area (Å²) in [5, 5.41) is 12.3. The van der Waals surface area contributed by atoms with Crippen LogP contribution in [-0.4, -0.2) is 21.4 Å². The third-order valence-corrected chi connectivity index (χ3v) is 3.84. The van der Waals surface area contributed by atoms with Crippen LogP contribution in [0.4, 0.5) is 10.1 Å². The van der Waals surface area contributed by atoms with Gasteiger partial charge in [-0.15, -0.1) is 0 Å². The van der Waals surface area contributed by atoms with Crippen LogP contribution < -0.4 is 5.43 Å². The van der Waals surface area contributed by atoms with E-state index in [4.69, 9.17) is 0 Å². The first-order chi connectivity index (χ1) is 12.3. The van der Waals surface area contributed by atoms with Crippen LogP contribution in [-0.2, 0) is 0 Å². The molecule has 2 heterocycles. The number of anilines is 1. The molecule has 25 heavy (non-hydrogen) atoms. The van der Waals surface area contributed by atoms with Crippen LogP contribution >= 0.6 is 0 Å². The number of benzene rings is 2. The topological polar surface area (TPSA) is 66.0 Å². The number of pyridine rings is 1. The molecule has 0 spiro atoms. The van der Waals surface area contributed by atoms with Gasteiger partial charge in [0.2, 0.25) is 0 Å². The van der Waals surface area contributed by atoms with Crippen LogP contribution in [0, 0.1) is 5.82 Å². The fourth-order valence-electron chi connectivity index (χ4n) is 2.61. The van der Waals surface area contributed by atoms with E-state index in [1.807, 2.05) is 30.3 Å². The Morgan fingerprint density at radius 2 is 1.88 bits per heavy atom. The van der Waals surface area contributed by atoms with Crippen molar-refractivity contribution in [2.24, 2.45) is 5.10 Å². The Morgan fingerprint density at radius 1 is 1.04 bits per heavy atom. The predicted molar refractivity (Wildman–Crippen MR) is 96.9 cm³/mol. The SMILES string of the molecule is Fc1ccc(-c2[nH]ncc2/C=N/Nc2ccnc3ccccc23)cc1. The smallest absolute Gasteiger partial charge is 0.123 e. The van der Waals surface area contributed by atoms with Crippen molar-refractivity contribution in [3.8, 4) is 11.3 Å². The lowest BCUT2D eigenvalue weighted by Crippen LogP contribution is -1.93. The molecule has 0 saturated carbocycles. The number of hydrazone groups is 1. The second-order valence-electron chi connectivity index (χ2n) is 5.45. The molecule has 4 rings (SSSR count). The molecule has 0 radical (unpaired) electrons. The number of para-hydroxylation sites is 1. The molecule has 0 aliphatic rings. The molecule has 6 heteroatoms. The highest BCUT2D eigenvalue weighted by Gasteiger charge is 2.06. The van der Waals surface area contributed by atoms with Crippen LogP contribution in [0.25, 0.3) is 22.2 Å². The van der Waals surface area contributed by atoms with Crippen LogP contribution in [0.3, 0.4) is 0 Å². The maximum Gasteiger partial charge on any atom is 0.123 e. The van der Waals surface area contributed by atoms with Gasteiger partial charge in [-0.25, -0.2) is 4.39 Å². The van der Waals surface area contributed by atoms with Gasteiger partial charge in [0.05, 0.1) is 29.3 Å². The molecule has 0 unspecified atom stereocenters. The predicted octanol–water partition coefficient (Wildman–Crippen LogP) is 4.21. The van der Waals surface area contributed by atoms with Crippen molar-refractivity contribution >= 4 is 22.8 Å². The van der Waals surface area contributed by atoms with Gasteiger partial charge >= 0.3 is 0 Å². The molecule has 2 aromatic carbocycles. The van der Waals surface area contributed by atoms with Gasteiger partial charge < -0.3 is 0 Å². The second-order valence-corrected chi connectivity index (χ2v) is 5.45. The standard InChI is InChI=1S/C19H14FN5/c20-15-7-5-13(6-8-15)19-14(12-23-25-19)11-22-24-18-9-10-21-17-4-2-1-3-16(17)18/h1-12H,(H,21,24)(H,23,25)/b22-11+. The Bertz CT molecular complexity index is 1030. The zero-order valence-corrected chi connectivity index (χ0v) is 13.1. The minimum Gasteiger partial charge on any atom is -0.278 e. The summed E-state index contributed by atoms with van der Waals surface area (Å²) in [5.74, 6) is -0.273. The summed E-state index contributed by atoms with van der Waals surface area (Å²) in [7, 11) is 0. The largest absolute Gasteiger partial charge is 0.278 e. The molecular weight excluding hydrogens is 317 g/mol. The highest BCUT2D eigenvalue weighted by Crippen LogP contribution is 2.22. The first-order valence-corrected chi connectivity index (χ1v) is 7.73. The fraction of sp³-hybridized carbons (Fsp3) is 0. The molecular formula is C19H14FN5. The molecule has 0 aliphatic heterocycles. The first kappa shape index (κ1) is 15.0. The van der Waals surface area contributed by atoms with E-state index in [2.05, 4.69) is 25.7 Å². The van der Waals surface area contributed by atoms with Crippen LogP contribution in [0.5, 0.6) is 0 Å². The third-order valence-electron chi connectivity index (χ3n) is 3.84. The van der Waals surface area contributed by atoms with E-state index in [0.717, 1.165) is 33.4 Å². The van der Waals surface area contributed by atoms with Crippen molar-refractivity contribution in [3.05, 3.63) is 78.4 Å². The van der Waals surface area contributed by atoms with Crippen molar-refractivity contribution in [1.82, 2.24) is 15.2 Å². The zero-order valence-electron chi connectivity index (χ0n) is 13.1. The monoisotopic (exact) mass is 331 g/mol. The van der Waals surface area contributed by atoms with E-state index in [1.54, 1.807) is 30.7 Å². The zero-order chi connectivity index (χ0) is 17.1. The van der Waals surface area contributed by atoms with Crippen molar-refractivity contribution in [2.45, 2.75) is 0 Å². The van der Waals surface area contributed by atoms with Gasteiger partial charge in [-0.1, -0.05) is 18.2 Å². The van der Waals surface area contributed by atoms with E-state index in [9.17, 15) is 4.39 Å². The quantitative estimate of drug-likeness (QED) is 0.435. The highest BCUT2D eigenvalue weighted by molar-refractivity contribution is 5.92. The average molecular weight is 331 g/mol. The first-order valence-electron chi connectivity index (χ1n) is 7.73. The van der Waals surface area contributed by atoms with Crippen LogP contribution in [0.2, 0.25) is 0 Å². The van der Waals surface area contributed by atoms with Gasteiger partial charge in [-0.05, 0) is 36.4 Å². The van der Waals surface area contributed by atoms with E-state index in [-0.39, 0.29) is 5.82 Å². The van der Waals surface area contributed by atoms with Crippen molar-refractivity contribution in [1.29, 1.82) is 0 Å². The lowest BCUT2D eigenvalue weighted by Gasteiger charge is -2.04. The lowest BCUT2D eigenvalue weighted by molar-refractivity contribution is 0.628. The molecule has 122 valence electrons. The number of aromatic amines is 1. The fourth-order valence-corrected chi connectivity index (χ4v) is 2.61. The summed E-state index contributed by atoms with van der Waals surface area (Å²) < 4.78 is 13.1. The van der Waals surface area contributed by atoms with E-state index < -0.39 is 0 Å². The normalized spacial score (nSPS) is 11.2. The summed E-state index contributed by atoms with van der Waals surface area (Å²) in [6.07, 6.45) is 5.09. The van der Waals surface area contributed by atoms with Gasteiger partial charge in [0.15, 0.2) is 0 Å². The average Bonchev–Trinajstić information content (AvgIpc) is 3.11. The van der Waals surface area contributed by atoms with Crippen molar-refractivity contribution in [3.63, 3.8) is 0 Å². The number of hydrogen-bond donors (Lipinski definition) is 2. The van der Waals surface area contributed by atoms with E-state index in [1.165, 1.54) is 12.1 Å². The Labute approximate surface area is 143 Å². The number of nitrogens with one attached hydrogen (secondary N) is 2. The maximum absolute atomic E-state index is 13.1. The molecule has 0 fully saturated rings. The summed E-state index contributed by atoms with van der Waals surface area (Å²) in [6.45, 7) is 0. The highest BCUT2D eigenvalue weighted by atomic mass is 19.1. The maximum atomic E-state index is 13.1. The van der Waals surface area contributed by atoms with E-state index in [0.29, 0.717) is 0 Å². The van der Waals surface area contributed by atoms with Crippen LogP contribution in [0.15, 0.2) is 72.1 Å². The Morgan fingerprint density at radius 3 is 2.76 bits per heavy atom. The van der Waals surface area contributed by atoms with Gasteiger partial charge in [-0.2, -0.15) is 10.2 Å². The number of hydrogen-bond acceptors (Lipinski definition) is 4. The number of aromatic nitrogens is 3. The Balaban J connectivity index is 1.59. The summed E-state index contributed by atoms with van der Waals surface area (Å²) in [5.41, 5.74) is 7.24. The molecule has 5 nitrogen and oxygen atoms in total. The minimum absolute atomic E-state index is 0.273. The molecule has 4 aromatic rings. The van der Waals surface area contributed by atoms with E-state index >= 15 is 0 Å². The summed E-state index contributed by atoms with van der Waals surface area (Å²) in [6, 6.07) is 15.9. The molecule has 2 N–H and O–H groups in total. The van der Waals surface area contributed by atoms with Gasteiger partial charge in [0.1, 0.15) is 5.82 Å². The van der Waals surface area contributed by atoms with Crippen molar-refractivity contribution in [2.75, 3.05) is 5.43 Å². The number of nitrogens with zero attached hydrogens (tertiary/aromatic N) is 3. The molecule has 0 bridgehead atoms. The summed E-state index contributed by atoms with van der Waals surface area (Å²) in [4.78, 5) is 4.32. The van der Waals surface area contributed by atoms with Gasteiger partial charge in [0.25, 0.3) is 0 Å². The van der Waals surface area contributed by atoms with Crippen molar-refractivity contribution < 1.29 is 4.39 Å². The van der Waals surface area contributed by atoms with Crippen LogP contribution in [0.1, 0.15) is 5.56 Å². The number of H-pyrrole nitrogens is 1. The molecule has 2 aromatic heterocycles. The third kappa shape index (κ3) is 3.10. The van der Waals surface area contributed by atoms with Gasteiger partial charge in [-0.3, -0.25) is 15.5 Å². The number of halogens is 1. The Hall–Kier alpha value is -3.54. The number of fused-ring (bicyclic) bond motifs is 1. The van der Waals surface area contributed by atoms with Gasteiger partial charge in [0, 0.05) is 22.7 Å².